The molecule has 0 saturated carbocycles. The van der Waals surface area contributed by atoms with Crippen molar-refractivity contribution in [3.8, 4) is 6.07 Å². The van der Waals surface area contributed by atoms with E-state index in [9.17, 15) is 4.79 Å². The van der Waals surface area contributed by atoms with Gasteiger partial charge in [-0.3, -0.25) is 4.79 Å². The molecule has 0 aliphatic carbocycles. The van der Waals surface area contributed by atoms with Crippen LogP contribution in [0.4, 0.5) is 0 Å². The molecule has 0 saturated heterocycles. The number of carbonyl (C=O) groups is 1. The molecule has 1 atom stereocenters. The summed E-state index contributed by atoms with van der Waals surface area (Å²) in [4.78, 5) is 16.2. The molecule has 0 bridgehead atoms. The van der Waals surface area contributed by atoms with Crippen LogP contribution in [-0.2, 0) is 4.79 Å². The number of hydrogen-bond donors (Lipinski definition) is 0. The topological polar surface area (TPSA) is 48.5 Å². The molecule has 4 heteroatoms. The van der Waals surface area contributed by atoms with Gasteiger partial charge in [0.25, 0.3) is 0 Å². The number of amides is 1. The predicted molar refractivity (Wildman–Crippen MR) is 53.1 cm³/mol. The Balaban J connectivity index is 4.42. The third kappa shape index (κ3) is 3.73. The summed E-state index contributed by atoms with van der Waals surface area (Å²) in [6.45, 7) is 11.2. The van der Waals surface area contributed by atoms with Crippen LogP contribution in [0.15, 0.2) is 12.2 Å². The lowest BCUT2D eigenvalue weighted by Gasteiger charge is -2.22. The molecule has 74 valence electrons. The maximum Gasteiger partial charge on any atom is 0.247 e. The number of nitriles is 1. The first-order chi connectivity index (χ1) is 6.67. The molecule has 0 heterocycles. The summed E-state index contributed by atoms with van der Waals surface area (Å²) in [7, 11) is 0. The Hall–Kier alpha value is -1.81. The lowest BCUT2D eigenvalue weighted by molar-refractivity contribution is -0.127. The van der Waals surface area contributed by atoms with Gasteiger partial charge in [0.1, 0.15) is 6.04 Å². The highest BCUT2D eigenvalue weighted by molar-refractivity contribution is 5.88. The van der Waals surface area contributed by atoms with Crippen LogP contribution < -0.4 is 0 Å². The van der Waals surface area contributed by atoms with E-state index in [1.54, 1.807) is 11.0 Å². The van der Waals surface area contributed by atoms with Gasteiger partial charge >= 0.3 is 0 Å². The zero-order chi connectivity index (χ0) is 11.0. The van der Waals surface area contributed by atoms with Crippen LogP contribution in [0, 0.1) is 17.9 Å². The minimum Gasteiger partial charge on any atom is -0.329 e. The normalized spacial score (nSPS) is 11.7. The first-order valence-corrected chi connectivity index (χ1v) is 4.37. The fourth-order valence-corrected chi connectivity index (χ4v) is 1.12. The fourth-order valence-electron chi connectivity index (χ4n) is 1.12. The van der Waals surface area contributed by atoms with Crippen molar-refractivity contribution >= 4 is 5.91 Å². The van der Waals surface area contributed by atoms with Crippen molar-refractivity contribution < 1.29 is 4.79 Å². The third-order valence-electron chi connectivity index (χ3n) is 1.81. The summed E-state index contributed by atoms with van der Waals surface area (Å²) < 4.78 is 0. The summed E-state index contributed by atoms with van der Waals surface area (Å²) in [5.74, 6) is -0.217. The number of hydrogen-bond acceptors (Lipinski definition) is 2. The van der Waals surface area contributed by atoms with Crippen LogP contribution in [0.3, 0.4) is 0 Å². The van der Waals surface area contributed by atoms with E-state index in [2.05, 4.69) is 4.85 Å². The SMILES string of the molecule is [C-]#[N+]C[C@@H](C)N(CC)C(=O)/C=C\C#N. The number of nitrogens with zero attached hydrogens (tertiary/aromatic N) is 3. The maximum atomic E-state index is 11.4. The molecular weight excluding hydrogens is 178 g/mol. The van der Waals surface area contributed by atoms with E-state index in [4.69, 9.17) is 11.8 Å². The lowest BCUT2D eigenvalue weighted by atomic mass is 10.2. The summed E-state index contributed by atoms with van der Waals surface area (Å²) in [5.41, 5.74) is 0. The minimum absolute atomic E-state index is 0.103. The van der Waals surface area contributed by atoms with Gasteiger partial charge in [-0.05, 0) is 13.8 Å². The first kappa shape index (κ1) is 12.2. The van der Waals surface area contributed by atoms with E-state index in [1.165, 1.54) is 6.08 Å². The van der Waals surface area contributed by atoms with Crippen LogP contribution in [0.25, 0.3) is 4.85 Å². The van der Waals surface area contributed by atoms with Gasteiger partial charge in [-0.15, -0.1) is 0 Å². The Morgan fingerprint density at radius 3 is 2.86 bits per heavy atom. The molecule has 0 fully saturated rings. The second-order valence-electron chi connectivity index (χ2n) is 2.78. The Labute approximate surface area is 84.3 Å². The Kier molecular flexibility index (Phi) is 5.82. The molecule has 0 aliphatic heterocycles. The summed E-state index contributed by atoms with van der Waals surface area (Å²) in [6, 6.07) is 1.66. The van der Waals surface area contributed by atoms with Crippen molar-refractivity contribution in [2.45, 2.75) is 19.9 Å². The molecule has 0 N–H and O–H groups in total. The van der Waals surface area contributed by atoms with Gasteiger partial charge < -0.3 is 9.74 Å². The van der Waals surface area contributed by atoms with Crippen LogP contribution in [0.5, 0.6) is 0 Å². The van der Waals surface area contributed by atoms with E-state index >= 15 is 0 Å². The molecule has 0 aromatic heterocycles. The Morgan fingerprint density at radius 2 is 2.43 bits per heavy atom. The largest absolute Gasteiger partial charge is 0.329 e. The van der Waals surface area contributed by atoms with Gasteiger partial charge in [0, 0.05) is 18.7 Å². The van der Waals surface area contributed by atoms with E-state index in [0.717, 1.165) is 6.08 Å². The highest BCUT2D eigenvalue weighted by Gasteiger charge is 2.17. The monoisotopic (exact) mass is 191 g/mol. The highest BCUT2D eigenvalue weighted by Crippen LogP contribution is 2.01. The molecule has 0 spiro atoms. The van der Waals surface area contributed by atoms with Gasteiger partial charge in [0.15, 0.2) is 0 Å². The van der Waals surface area contributed by atoms with Crippen LogP contribution >= 0.6 is 0 Å². The quantitative estimate of drug-likeness (QED) is 0.381. The molecule has 14 heavy (non-hydrogen) atoms. The summed E-state index contributed by atoms with van der Waals surface area (Å²) >= 11 is 0. The molecule has 0 aromatic carbocycles. The molecule has 1 amide bonds. The van der Waals surface area contributed by atoms with Crippen LogP contribution in [-0.4, -0.2) is 29.9 Å². The summed E-state index contributed by atoms with van der Waals surface area (Å²) in [6.07, 6.45) is 2.37. The fraction of sp³-hybridized carbons (Fsp3) is 0.500. The van der Waals surface area contributed by atoms with E-state index in [-0.39, 0.29) is 11.9 Å². The van der Waals surface area contributed by atoms with Gasteiger partial charge in [-0.25, -0.2) is 6.57 Å². The van der Waals surface area contributed by atoms with Gasteiger partial charge in [0.2, 0.25) is 12.5 Å². The average molecular weight is 191 g/mol. The van der Waals surface area contributed by atoms with Crippen LogP contribution in [0.2, 0.25) is 0 Å². The van der Waals surface area contributed by atoms with Crippen LogP contribution in [0.1, 0.15) is 13.8 Å². The number of allylic oxidation sites excluding steroid dienone is 1. The number of likely N-dealkylation sites (N-methyl/N-ethyl adjacent to an activating group) is 1. The van der Waals surface area contributed by atoms with Crippen molar-refractivity contribution in [1.29, 1.82) is 5.26 Å². The lowest BCUT2D eigenvalue weighted by Crippen LogP contribution is -2.38. The van der Waals surface area contributed by atoms with Gasteiger partial charge in [0.05, 0.1) is 6.07 Å². The molecule has 0 unspecified atom stereocenters. The maximum absolute atomic E-state index is 11.4. The molecule has 0 rings (SSSR count). The van der Waals surface area contributed by atoms with Crippen molar-refractivity contribution in [2.24, 2.45) is 0 Å². The molecule has 0 aromatic rings. The zero-order valence-electron chi connectivity index (χ0n) is 8.40. The zero-order valence-corrected chi connectivity index (χ0v) is 8.40. The smallest absolute Gasteiger partial charge is 0.247 e. The first-order valence-electron chi connectivity index (χ1n) is 4.37. The summed E-state index contributed by atoms with van der Waals surface area (Å²) in [5, 5.41) is 8.26. The second kappa shape index (κ2) is 6.68. The Morgan fingerprint density at radius 1 is 1.79 bits per heavy atom. The average Bonchev–Trinajstić information content (AvgIpc) is 2.16. The van der Waals surface area contributed by atoms with E-state index in [1.807, 2.05) is 13.8 Å². The molecular formula is C10H13N3O. The van der Waals surface area contributed by atoms with Gasteiger partial charge in [-0.1, -0.05) is 0 Å². The second-order valence-corrected chi connectivity index (χ2v) is 2.78. The molecule has 0 radical (unpaired) electrons. The van der Waals surface area contributed by atoms with E-state index in [0.29, 0.717) is 13.1 Å². The molecule has 4 nitrogen and oxygen atoms in total. The predicted octanol–water partition coefficient (Wildman–Crippen LogP) is 1.22. The van der Waals surface area contributed by atoms with Crippen molar-refractivity contribution in [2.75, 3.05) is 13.1 Å². The number of carbonyl (C=O) groups excluding carboxylic acids is 1. The van der Waals surface area contributed by atoms with Crippen molar-refractivity contribution in [1.82, 2.24) is 4.90 Å². The van der Waals surface area contributed by atoms with Gasteiger partial charge in [-0.2, -0.15) is 5.26 Å². The minimum atomic E-state index is -0.217. The highest BCUT2D eigenvalue weighted by atomic mass is 16.2. The number of rotatable bonds is 4. The van der Waals surface area contributed by atoms with Crippen molar-refractivity contribution in [3.63, 3.8) is 0 Å². The molecule has 0 aliphatic rings. The Bertz CT molecular complexity index is 295. The standard InChI is InChI=1S/C10H13N3O/c1-4-13(9(2)8-12-3)10(14)6-5-7-11/h5-6,9H,4,8H2,1-2H3/b6-5-/t9-/m1/s1. The van der Waals surface area contributed by atoms with Crippen molar-refractivity contribution in [3.05, 3.63) is 23.6 Å². The van der Waals surface area contributed by atoms with E-state index < -0.39 is 0 Å². The third-order valence-corrected chi connectivity index (χ3v) is 1.81.